The fraction of sp³-hybridized carbons (Fsp3) is 0.636. The zero-order valence-corrected chi connectivity index (χ0v) is 10.0. The number of hydrogen-bond acceptors (Lipinski definition) is 4. The van der Waals surface area contributed by atoms with Crippen LogP contribution in [0.25, 0.3) is 0 Å². The summed E-state index contributed by atoms with van der Waals surface area (Å²) >= 11 is 0. The van der Waals surface area contributed by atoms with Crippen LogP contribution in [0.15, 0.2) is 12.5 Å². The van der Waals surface area contributed by atoms with Crippen molar-refractivity contribution >= 4 is 5.97 Å². The highest BCUT2D eigenvalue weighted by molar-refractivity contribution is 5.74. The number of carbonyl (C=O) groups is 1. The molecule has 0 aliphatic carbocycles. The molecule has 1 unspecified atom stereocenters. The Morgan fingerprint density at radius 1 is 1.62 bits per heavy atom. The average Bonchev–Trinajstić information content (AvgIpc) is 2.72. The van der Waals surface area contributed by atoms with Gasteiger partial charge in [-0.1, -0.05) is 13.8 Å². The minimum absolute atomic E-state index is 0.249. The van der Waals surface area contributed by atoms with Crippen molar-refractivity contribution in [1.82, 2.24) is 9.55 Å². The summed E-state index contributed by atoms with van der Waals surface area (Å²) in [5, 5.41) is 0. The van der Waals surface area contributed by atoms with E-state index in [1.165, 1.54) is 7.11 Å². The lowest BCUT2D eigenvalue weighted by molar-refractivity contribution is -0.145. The molecule has 0 fully saturated rings. The van der Waals surface area contributed by atoms with Gasteiger partial charge in [0.1, 0.15) is 6.04 Å². The van der Waals surface area contributed by atoms with E-state index in [9.17, 15) is 4.79 Å². The predicted molar refractivity (Wildman–Crippen MR) is 60.6 cm³/mol. The molecule has 5 nitrogen and oxygen atoms in total. The van der Waals surface area contributed by atoms with Crippen molar-refractivity contribution in [3.63, 3.8) is 0 Å². The van der Waals surface area contributed by atoms with E-state index < -0.39 is 0 Å². The van der Waals surface area contributed by atoms with Gasteiger partial charge in [0, 0.05) is 12.7 Å². The molecule has 90 valence electrons. The first-order chi connectivity index (χ1) is 7.60. The summed E-state index contributed by atoms with van der Waals surface area (Å²) in [6, 6.07) is -0.328. The van der Waals surface area contributed by atoms with Crippen LogP contribution in [0.3, 0.4) is 0 Å². The van der Waals surface area contributed by atoms with Crippen LogP contribution in [0.2, 0.25) is 0 Å². The number of ether oxygens (including phenoxy) is 1. The molecular weight excluding hydrogens is 206 g/mol. The largest absolute Gasteiger partial charge is 0.467 e. The normalized spacial score (nSPS) is 12.8. The first kappa shape index (κ1) is 12.7. The van der Waals surface area contributed by atoms with E-state index >= 15 is 0 Å². The molecule has 2 N–H and O–H groups in total. The molecule has 1 atom stereocenters. The summed E-state index contributed by atoms with van der Waals surface area (Å²) in [6.45, 7) is 4.50. The van der Waals surface area contributed by atoms with Gasteiger partial charge in [0.15, 0.2) is 0 Å². The number of imidazole rings is 1. The minimum atomic E-state index is -0.328. The molecule has 0 amide bonds. The van der Waals surface area contributed by atoms with Gasteiger partial charge in [-0.2, -0.15) is 0 Å². The van der Waals surface area contributed by atoms with E-state index in [2.05, 4.69) is 18.8 Å². The lowest BCUT2D eigenvalue weighted by Crippen LogP contribution is -2.24. The number of rotatable bonds is 5. The third-order valence-electron chi connectivity index (χ3n) is 2.46. The monoisotopic (exact) mass is 225 g/mol. The molecule has 1 aromatic rings. The third kappa shape index (κ3) is 2.82. The van der Waals surface area contributed by atoms with Crippen molar-refractivity contribution in [1.29, 1.82) is 0 Å². The van der Waals surface area contributed by atoms with Gasteiger partial charge in [-0.15, -0.1) is 0 Å². The SMILES string of the molecule is COC(=O)C(CC(C)C)n1cncc1CN. The quantitative estimate of drug-likeness (QED) is 0.762. The van der Waals surface area contributed by atoms with Crippen LogP contribution >= 0.6 is 0 Å². The maximum atomic E-state index is 11.7. The van der Waals surface area contributed by atoms with Crippen molar-refractivity contribution in [2.75, 3.05) is 7.11 Å². The summed E-state index contributed by atoms with van der Waals surface area (Å²) in [5.41, 5.74) is 6.44. The Hall–Kier alpha value is -1.36. The fourth-order valence-electron chi connectivity index (χ4n) is 1.68. The van der Waals surface area contributed by atoms with Gasteiger partial charge in [0.25, 0.3) is 0 Å². The maximum absolute atomic E-state index is 11.7. The van der Waals surface area contributed by atoms with Gasteiger partial charge in [-0.25, -0.2) is 9.78 Å². The zero-order valence-electron chi connectivity index (χ0n) is 10.0. The molecule has 0 aromatic carbocycles. The Labute approximate surface area is 95.6 Å². The van der Waals surface area contributed by atoms with Crippen LogP contribution in [0.1, 0.15) is 32.0 Å². The Balaban J connectivity index is 2.96. The third-order valence-corrected chi connectivity index (χ3v) is 2.46. The highest BCUT2D eigenvalue weighted by Crippen LogP contribution is 2.20. The molecule has 1 heterocycles. The molecule has 5 heteroatoms. The van der Waals surface area contributed by atoms with E-state index in [0.717, 1.165) is 12.1 Å². The Morgan fingerprint density at radius 2 is 2.31 bits per heavy atom. The summed E-state index contributed by atoms with van der Waals surface area (Å²) in [4.78, 5) is 15.7. The van der Waals surface area contributed by atoms with Gasteiger partial charge in [0.2, 0.25) is 0 Å². The molecule has 0 saturated heterocycles. The van der Waals surface area contributed by atoms with Crippen molar-refractivity contribution in [2.24, 2.45) is 11.7 Å². The Bertz CT molecular complexity index is 347. The average molecular weight is 225 g/mol. The molecule has 0 aliphatic rings. The van der Waals surface area contributed by atoms with Gasteiger partial charge in [-0.3, -0.25) is 0 Å². The second kappa shape index (κ2) is 5.65. The number of hydrogen-bond donors (Lipinski definition) is 1. The molecule has 0 aliphatic heterocycles. The highest BCUT2D eigenvalue weighted by atomic mass is 16.5. The van der Waals surface area contributed by atoms with E-state index in [-0.39, 0.29) is 12.0 Å². The number of nitrogens with two attached hydrogens (primary N) is 1. The van der Waals surface area contributed by atoms with Crippen molar-refractivity contribution in [2.45, 2.75) is 32.9 Å². The fourth-order valence-corrected chi connectivity index (χ4v) is 1.68. The van der Waals surface area contributed by atoms with Crippen LogP contribution in [-0.4, -0.2) is 22.6 Å². The number of nitrogens with zero attached hydrogens (tertiary/aromatic N) is 2. The van der Waals surface area contributed by atoms with Crippen LogP contribution < -0.4 is 5.73 Å². The zero-order chi connectivity index (χ0) is 12.1. The summed E-state index contributed by atoms with van der Waals surface area (Å²) in [6.07, 6.45) is 4.03. The second-order valence-electron chi connectivity index (χ2n) is 4.16. The molecular formula is C11H19N3O2. The van der Waals surface area contributed by atoms with E-state index in [0.29, 0.717) is 12.5 Å². The van der Waals surface area contributed by atoms with Gasteiger partial charge < -0.3 is 15.0 Å². The minimum Gasteiger partial charge on any atom is -0.467 e. The first-order valence-electron chi connectivity index (χ1n) is 5.38. The summed E-state index contributed by atoms with van der Waals surface area (Å²) in [5.74, 6) is 0.151. The molecule has 0 bridgehead atoms. The lowest BCUT2D eigenvalue weighted by Gasteiger charge is -2.20. The van der Waals surface area contributed by atoms with Crippen LogP contribution in [0.4, 0.5) is 0 Å². The molecule has 1 rings (SSSR count). The number of esters is 1. The lowest BCUT2D eigenvalue weighted by atomic mass is 10.0. The smallest absolute Gasteiger partial charge is 0.328 e. The first-order valence-corrected chi connectivity index (χ1v) is 5.38. The standard InChI is InChI=1S/C11H19N3O2/c1-8(2)4-10(11(15)16-3)14-7-13-6-9(14)5-12/h6-8,10H,4-5,12H2,1-3H3. The van der Waals surface area contributed by atoms with Crippen molar-refractivity contribution < 1.29 is 9.53 Å². The second-order valence-corrected chi connectivity index (χ2v) is 4.16. The molecule has 1 aromatic heterocycles. The van der Waals surface area contributed by atoms with E-state index in [4.69, 9.17) is 10.5 Å². The van der Waals surface area contributed by atoms with Crippen molar-refractivity contribution in [3.8, 4) is 0 Å². The Kier molecular flexibility index (Phi) is 4.49. The number of methoxy groups -OCH3 is 1. The predicted octanol–water partition coefficient (Wildman–Crippen LogP) is 1.10. The van der Waals surface area contributed by atoms with Crippen LogP contribution in [0.5, 0.6) is 0 Å². The topological polar surface area (TPSA) is 70.1 Å². The molecule has 0 saturated carbocycles. The van der Waals surface area contributed by atoms with E-state index in [1.807, 2.05) is 0 Å². The summed E-state index contributed by atoms with van der Waals surface area (Å²) in [7, 11) is 1.40. The number of aromatic nitrogens is 2. The van der Waals surface area contributed by atoms with Gasteiger partial charge in [0.05, 0.1) is 19.1 Å². The Morgan fingerprint density at radius 3 is 2.81 bits per heavy atom. The summed E-state index contributed by atoms with van der Waals surface area (Å²) < 4.78 is 6.61. The molecule has 0 spiro atoms. The highest BCUT2D eigenvalue weighted by Gasteiger charge is 2.23. The van der Waals surface area contributed by atoms with Crippen LogP contribution in [-0.2, 0) is 16.1 Å². The van der Waals surface area contributed by atoms with Crippen molar-refractivity contribution in [3.05, 3.63) is 18.2 Å². The number of carbonyl (C=O) groups excluding carboxylic acids is 1. The van der Waals surface area contributed by atoms with Crippen LogP contribution in [0, 0.1) is 5.92 Å². The molecule has 0 radical (unpaired) electrons. The maximum Gasteiger partial charge on any atom is 0.328 e. The van der Waals surface area contributed by atoms with E-state index in [1.54, 1.807) is 17.1 Å². The van der Waals surface area contributed by atoms with Gasteiger partial charge >= 0.3 is 5.97 Å². The van der Waals surface area contributed by atoms with Gasteiger partial charge in [-0.05, 0) is 12.3 Å². The molecule has 16 heavy (non-hydrogen) atoms.